The van der Waals surface area contributed by atoms with Crippen molar-refractivity contribution in [3.05, 3.63) is 22.4 Å². The zero-order chi connectivity index (χ0) is 15.6. The Bertz CT molecular complexity index is 436. The molecule has 0 bridgehead atoms. The Balaban J connectivity index is 0.00000264. The van der Waals surface area contributed by atoms with Crippen LogP contribution in [0.2, 0.25) is 0 Å². The van der Waals surface area contributed by atoms with Crippen molar-refractivity contribution >= 4 is 41.3 Å². The molecule has 2 N–H and O–H groups in total. The molecular formula is C17H31IN4S. The van der Waals surface area contributed by atoms with Crippen LogP contribution in [-0.2, 0) is 6.42 Å². The Kier molecular flexibility index (Phi) is 10.9. The highest BCUT2D eigenvalue weighted by Crippen LogP contribution is 2.16. The molecule has 2 heterocycles. The summed E-state index contributed by atoms with van der Waals surface area (Å²) in [5.41, 5.74) is 0. The standard InChI is InChI=1S/C17H30N4S.HI/c1-3-18-17(19-11-10-16-9-7-13-22-16)20-14-15-8-5-6-12-21(15)4-2;/h7,9,13,15H,3-6,8,10-12,14H2,1-2H3,(H2,18,19,20);1H. The van der Waals surface area contributed by atoms with Gasteiger partial charge in [0.25, 0.3) is 0 Å². The molecule has 1 aromatic rings. The van der Waals surface area contributed by atoms with Crippen LogP contribution >= 0.6 is 35.3 Å². The number of halogens is 1. The van der Waals surface area contributed by atoms with E-state index >= 15 is 0 Å². The second-order valence-electron chi connectivity index (χ2n) is 5.75. The van der Waals surface area contributed by atoms with Gasteiger partial charge < -0.3 is 10.6 Å². The van der Waals surface area contributed by atoms with Crippen molar-refractivity contribution in [3.8, 4) is 0 Å². The van der Waals surface area contributed by atoms with E-state index in [-0.39, 0.29) is 24.0 Å². The molecular weight excluding hydrogens is 419 g/mol. The fourth-order valence-corrected chi connectivity index (χ4v) is 3.69. The van der Waals surface area contributed by atoms with Crippen molar-refractivity contribution in [1.82, 2.24) is 15.5 Å². The highest BCUT2D eigenvalue weighted by Gasteiger charge is 2.20. The number of piperidine rings is 1. The van der Waals surface area contributed by atoms with Gasteiger partial charge in [-0.05, 0) is 50.7 Å². The molecule has 1 aliphatic heterocycles. The summed E-state index contributed by atoms with van der Waals surface area (Å²) in [5.74, 6) is 0.959. The number of nitrogens with zero attached hydrogens (tertiary/aromatic N) is 2. The molecule has 0 aliphatic carbocycles. The van der Waals surface area contributed by atoms with Gasteiger partial charge in [-0.15, -0.1) is 35.3 Å². The van der Waals surface area contributed by atoms with Gasteiger partial charge in [0.2, 0.25) is 0 Å². The van der Waals surface area contributed by atoms with Crippen LogP contribution in [-0.4, -0.2) is 49.6 Å². The van der Waals surface area contributed by atoms with Crippen LogP contribution < -0.4 is 10.6 Å². The van der Waals surface area contributed by atoms with Crippen molar-refractivity contribution in [2.24, 2.45) is 4.99 Å². The van der Waals surface area contributed by atoms with E-state index in [4.69, 9.17) is 4.99 Å². The molecule has 1 fully saturated rings. The third-order valence-electron chi connectivity index (χ3n) is 4.20. The third-order valence-corrected chi connectivity index (χ3v) is 5.14. The Labute approximate surface area is 162 Å². The summed E-state index contributed by atoms with van der Waals surface area (Å²) in [6.45, 7) is 9.51. The average molecular weight is 450 g/mol. The van der Waals surface area contributed by atoms with Crippen molar-refractivity contribution in [2.75, 3.05) is 32.7 Å². The van der Waals surface area contributed by atoms with Gasteiger partial charge in [-0.3, -0.25) is 9.89 Å². The van der Waals surface area contributed by atoms with Crippen LogP contribution in [0.4, 0.5) is 0 Å². The summed E-state index contributed by atoms with van der Waals surface area (Å²) in [4.78, 5) is 8.81. The first kappa shape index (κ1) is 20.7. The number of guanidine groups is 1. The number of hydrogen-bond donors (Lipinski definition) is 2. The van der Waals surface area contributed by atoms with E-state index in [0.717, 1.165) is 38.6 Å². The molecule has 1 saturated heterocycles. The van der Waals surface area contributed by atoms with E-state index in [9.17, 15) is 0 Å². The molecule has 0 spiro atoms. The molecule has 1 unspecified atom stereocenters. The number of hydrogen-bond acceptors (Lipinski definition) is 3. The van der Waals surface area contributed by atoms with Crippen molar-refractivity contribution in [2.45, 2.75) is 45.6 Å². The van der Waals surface area contributed by atoms with E-state index in [2.05, 4.69) is 46.9 Å². The van der Waals surface area contributed by atoms with Gasteiger partial charge >= 0.3 is 0 Å². The number of nitrogens with one attached hydrogen (secondary N) is 2. The summed E-state index contributed by atoms with van der Waals surface area (Å²) in [6.07, 6.45) is 5.03. The molecule has 6 heteroatoms. The first-order valence-corrected chi connectivity index (χ1v) is 9.50. The SMILES string of the molecule is CCNC(=NCC1CCCCN1CC)NCCc1cccs1.I. The first-order valence-electron chi connectivity index (χ1n) is 8.62. The Morgan fingerprint density at radius 1 is 1.35 bits per heavy atom. The molecule has 2 rings (SSSR count). The summed E-state index contributed by atoms with van der Waals surface area (Å²) in [6, 6.07) is 4.92. The van der Waals surface area contributed by atoms with Crippen LogP contribution in [0.1, 0.15) is 38.0 Å². The largest absolute Gasteiger partial charge is 0.357 e. The molecule has 23 heavy (non-hydrogen) atoms. The molecule has 0 aromatic carbocycles. The second-order valence-corrected chi connectivity index (χ2v) is 6.79. The minimum atomic E-state index is 0. The normalized spacial score (nSPS) is 19.2. The molecule has 132 valence electrons. The van der Waals surface area contributed by atoms with Crippen molar-refractivity contribution in [1.29, 1.82) is 0 Å². The fourth-order valence-electron chi connectivity index (χ4n) is 2.98. The Hall–Kier alpha value is -0.340. The van der Waals surface area contributed by atoms with Crippen LogP contribution in [0.25, 0.3) is 0 Å². The monoisotopic (exact) mass is 450 g/mol. The lowest BCUT2D eigenvalue weighted by Crippen LogP contribution is -2.43. The highest BCUT2D eigenvalue weighted by molar-refractivity contribution is 14.0. The van der Waals surface area contributed by atoms with Gasteiger partial charge in [0.15, 0.2) is 5.96 Å². The Morgan fingerprint density at radius 2 is 2.22 bits per heavy atom. The van der Waals surface area contributed by atoms with Crippen LogP contribution in [0.5, 0.6) is 0 Å². The van der Waals surface area contributed by atoms with Gasteiger partial charge in [0, 0.05) is 24.0 Å². The lowest BCUT2D eigenvalue weighted by atomic mass is 10.0. The molecule has 0 amide bonds. The zero-order valence-electron chi connectivity index (χ0n) is 14.4. The van der Waals surface area contributed by atoms with Crippen LogP contribution in [0, 0.1) is 0 Å². The van der Waals surface area contributed by atoms with Crippen LogP contribution in [0.3, 0.4) is 0 Å². The zero-order valence-corrected chi connectivity index (χ0v) is 17.5. The topological polar surface area (TPSA) is 39.7 Å². The van der Waals surface area contributed by atoms with E-state index in [1.54, 1.807) is 0 Å². The fraction of sp³-hybridized carbons (Fsp3) is 0.706. The van der Waals surface area contributed by atoms with E-state index in [1.807, 2.05) is 11.3 Å². The molecule has 1 aromatic heterocycles. The highest BCUT2D eigenvalue weighted by atomic mass is 127. The smallest absolute Gasteiger partial charge is 0.191 e. The molecule has 1 atom stereocenters. The van der Waals surface area contributed by atoms with E-state index < -0.39 is 0 Å². The summed E-state index contributed by atoms with van der Waals surface area (Å²) < 4.78 is 0. The van der Waals surface area contributed by atoms with Gasteiger partial charge in [-0.1, -0.05) is 19.4 Å². The van der Waals surface area contributed by atoms with Gasteiger partial charge in [0.1, 0.15) is 0 Å². The second kappa shape index (κ2) is 12.1. The average Bonchev–Trinajstić information content (AvgIpc) is 3.06. The van der Waals surface area contributed by atoms with E-state index in [0.29, 0.717) is 6.04 Å². The molecule has 1 aliphatic rings. The summed E-state index contributed by atoms with van der Waals surface area (Å²) in [5, 5.41) is 8.95. The predicted octanol–water partition coefficient (Wildman–Crippen LogP) is 3.34. The third kappa shape index (κ3) is 7.39. The summed E-state index contributed by atoms with van der Waals surface area (Å²) in [7, 11) is 0. The number of thiophene rings is 1. The summed E-state index contributed by atoms with van der Waals surface area (Å²) >= 11 is 1.82. The van der Waals surface area contributed by atoms with E-state index in [1.165, 1.54) is 30.7 Å². The number of likely N-dealkylation sites (tertiary alicyclic amines) is 1. The first-order chi connectivity index (χ1) is 10.8. The van der Waals surface area contributed by atoms with Gasteiger partial charge in [-0.2, -0.15) is 0 Å². The maximum absolute atomic E-state index is 4.81. The lowest BCUT2D eigenvalue weighted by Gasteiger charge is -2.33. The van der Waals surface area contributed by atoms with Gasteiger partial charge in [0.05, 0.1) is 6.54 Å². The predicted molar refractivity (Wildman–Crippen MR) is 112 cm³/mol. The minimum absolute atomic E-state index is 0. The van der Waals surface area contributed by atoms with Crippen LogP contribution in [0.15, 0.2) is 22.5 Å². The minimum Gasteiger partial charge on any atom is -0.357 e. The van der Waals surface area contributed by atoms with Crippen molar-refractivity contribution < 1.29 is 0 Å². The molecule has 4 nitrogen and oxygen atoms in total. The van der Waals surface area contributed by atoms with Gasteiger partial charge in [-0.25, -0.2) is 0 Å². The maximum Gasteiger partial charge on any atom is 0.191 e. The number of aliphatic imine (C=N–C) groups is 1. The molecule has 0 radical (unpaired) electrons. The quantitative estimate of drug-likeness (QED) is 0.380. The van der Waals surface area contributed by atoms with Crippen molar-refractivity contribution in [3.63, 3.8) is 0 Å². The Morgan fingerprint density at radius 3 is 2.91 bits per heavy atom. The number of rotatable bonds is 7. The molecule has 0 saturated carbocycles. The lowest BCUT2D eigenvalue weighted by molar-refractivity contribution is 0.161. The maximum atomic E-state index is 4.81. The number of likely N-dealkylation sites (N-methyl/N-ethyl adjacent to an activating group) is 1.